The number of rotatable bonds is 10. The van der Waals surface area contributed by atoms with E-state index in [1.165, 1.54) is 0 Å². The summed E-state index contributed by atoms with van der Waals surface area (Å²) in [5, 5.41) is 19.7. The molecule has 2 aromatic rings. The second kappa shape index (κ2) is 11.4. The summed E-state index contributed by atoms with van der Waals surface area (Å²) < 4.78 is 0. The van der Waals surface area contributed by atoms with Gasteiger partial charge in [-0.2, -0.15) is 0 Å². The molecule has 2 N–H and O–H groups in total. The Labute approximate surface area is 208 Å². The molecule has 2 aliphatic rings. The van der Waals surface area contributed by atoms with Gasteiger partial charge in [-0.05, 0) is 93.4 Å². The minimum Gasteiger partial charge on any atom is -0.481 e. The van der Waals surface area contributed by atoms with Gasteiger partial charge in [0, 0.05) is 13.1 Å². The molecule has 0 aromatic heterocycles. The molecule has 0 spiro atoms. The van der Waals surface area contributed by atoms with Gasteiger partial charge in [0.15, 0.2) is 0 Å². The molecule has 6 nitrogen and oxygen atoms in total. The Kier molecular flexibility index (Phi) is 8.24. The molecule has 2 fully saturated rings. The van der Waals surface area contributed by atoms with Crippen LogP contribution in [0.15, 0.2) is 48.5 Å². The van der Waals surface area contributed by atoms with Crippen LogP contribution in [0.1, 0.15) is 35.1 Å². The summed E-state index contributed by atoms with van der Waals surface area (Å²) in [5.74, 6) is -1.74. The molecular weight excluding hydrogens is 440 g/mol. The zero-order chi connectivity index (χ0) is 24.9. The summed E-state index contributed by atoms with van der Waals surface area (Å²) >= 11 is 0. The van der Waals surface area contributed by atoms with Gasteiger partial charge >= 0.3 is 11.9 Å². The van der Waals surface area contributed by atoms with Crippen molar-refractivity contribution >= 4 is 11.9 Å². The first-order valence-electron chi connectivity index (χ1n) is 12.8. The van der Waals surface area contributed by atoms with Gasteiger partial charge in [-0.25, -0.2) is 0 Å². The predicted octanol–water partition coefficient (Wildman–Crippen LogP) is 3.67. The number of carbonyl (C=O) groups is 2. The summed E-state index contributed by atoms with van der Waals surface area (Å²) in [6.07, 6.45) is 3.73. The number of carboxylic acids is 2. The van der Waals surface area contributed by atoms with Crippen molar-refractivity contribution in [3.8, 4) is 0 Å². The lowest BCUT2D eigenvalue weighted by molar-refractivity contribution is -0.144. The van der Waals surface area contributed by atoms with E-state index in [9.17, 15) is 19.8 Å². The van der Waals surface area contributed by atoms with Crippen LogP contribution in [0.5, 0.6) is 0 Å². The van der Waals surface area contributed by atoms with E-state index in [4.69, 9.17) is 0 Å². The summed E-state index contributed by atoms with van der Waals surface area (Å²) in [7, 11) is 4.11. The van der Waals surface area contributed by atoms with Crippen LogP contribution in [0.4, 0.5) is 0 Å². The average molecular weight is 479 g/mol. The molecule has 0 unspecified atom stereocenters. The molecule has 0 bridgehead atoms. The predicted molar refractivity (Wildman–Crippen MR) is 137 cm³/mol. The lowest BCUT2D eigenvalue weighted by atomic mass is 9.85. The van der Waals surface area contributed by atoms with Gasteiger partial charge in [-0.1, -0.05) is 48.5 Å². The van der Waals surface area contributed by atoms with Gasteiger partial charge in [0.1, 0.15) is 0 Å². The van der Waals surface area contributed by atoms with E-state index in [0.29, 0.717) is 12.8 Å². The Bertz CT molecular complexity index is 957. The van der Waals surface area contributed by atoms with Crippen molar-refractivity contribution in [3.63, 3.8) is 0 Å². The second-order valence-electron chi connectivity index (χ2n) is 10.7. The smallest absolute Gasteiger partial charge is 0.307 e. The third kappa shape index (κ3) is 6.71. The molecule has 0 saturated carbocycles. The molecule has 4 rings (SSSR count). The average Bonchev–Trinajstić information content (AvgIpc) is 3.44. The SMILES string of the molecule is CN1CC[C@H]([C@H](Cc2cccc(Cc3cccc(C[C@H](C(=O)O)[C@H]4CCN(C)C4)c3)c2)C(=O)O)C1. The maximum Gasteiger partial charge on any atom is 0.307 e. The Balaban J connectivity index is 1.43. The monoisotopic (exact) mass is 478 g/mol. The first kappa shape index (κ1) is 25.4. The zero-order valence-corrected chi connectivity index (χ0v) is 20.9. The fourth-order valence-corrected chi connectivity index (χ4v) is 5.98. The molecule has 0 radical (unpaired) electrons. The quantitative estimate of drug-likeness (QED) is 0.542. The highest BCUT2D eigenvalue weighted by Crippen LogP contribution is 2.29. The fourth-order valence-electron chi connectivity index (χ4n) is 5.98. The van der Waals surface area contributed by atoms with Crippen molar-refractivity contribution in [1.82, 2.24) is 9.80 Å². The van der Waals surface area contributed by atoms with Gasteiger partial charge < -0.3 is 20.0 Å². The van der Waals surface area contributed by atoms with Crippen molar-refractivity contribution in [1.29, 1.82) is 0 Å². The van der Waals surface area contributed by atoms with E-state index in [1.807, 2.05) is 24.3 Å². The van der Waals surface area contributed by atoms with Crippen molar-refractivity contribution in [2.45, 2.75) is 32.1 Å². The highest BCUT2D eigenvalue weighted by molar-refractivity contribution is 5.71. The Morgan fingerprint density at radius 1 is 0.771 bits per heavy atom. The van der Waals surface area contributed by atoms with Gasteiger partial charge in [0.05, 0.1) is 11.8 Å². The number of benzene rings is 2. The van der Waals surface area contributed by atoms with E-state index in [2.05, 4.69) is 48.2 Å². The van der Waals surface area contributed by atoms with E-state index in [1.54, 1.807) is 0 Å². The first-order chi connectivity index (χ1) is 16.8. The first-order valence-corrected chi connectivity index (χ1v) is 12.8. The standard InChI is InChI=1S/C29H38N2O4/c1-30-11-9-24(18-30)26(28(32)33)16-22-7-3-5-20(14-22)13-21-6-4-8-23(15-21)17-27(29(34)35)25-10-12-31(2)19-25/h3-8,14-15,24-27H,9-13,16-19H2,1-2H3,(H,32,33)(H,34,35)/t24-,25-,26-,27-/m0/s1. The van der Waals surface area contributed by atoms with Gasteiger partial charge in [-0.3, -0.25) is 9.59 Å². The van der Waals surface area contributed by atoms with Crippen molar-refractivity contribution in [2.24, 2.45) is 23.7 Å². The zero-order valence-electron chi connectivity index (χ0n) is 20.9. The van der Waals surface area contributed by atoms with Crippen LogP contribution in [-0.4, -0.2) is 72.2 Å². The van der Waals surface area contributed by atoms with E-state index in [-0.39, 0.29) is 23.7 Å². The lowest BCUT2D eigenvalue weighted by Crippen LogP contribution is -2.28. The number of aliphatic carboxylic acids is 2. The molecule has 2 aromatic carbocycles. The molecule has 6 heteroatoms. The maximum absolute atomic E-state index is 12.0. The van der Waals surface area contributed by atoms with Crippen molar-refractivity contribution in [3.05, 3.63) is 70.8 Å². The molecule has 2 saturated heterocycles. The lowest BCUT2D eigenvalue weighted by Gasteiger charge is -2.20. The molecule has 0 aliphatic carbocycles. The van der Waals surface area contributed by atoms with Crippen LogP contribution >= 0.6 is 0 Å². The number of carboxylic acid groups (broad SMARTS) is 2. The summed E-state index contributed by atoms with van der Waals surface area (Å²) in [6.45, 7) is 3.62. The van der Waals surface area contributed by atoms with Crippen molar-refractivity contribution in [2.75, 3.05) is 40.3 Å². The molecule has 2 heterocycles. The number of hydrogen-bond donors (Lipinski definition) is 2. The van der Waals surface area contributed by atoms with Crippen molar-refractivity contribution < 1.29 is 19.8 Å². The Hall–Kier alpha value is -2.70. The van der Waals surface area contributed by atoms with E-state index < -0.39 is 11.9 Å². The van der Waals surface area contributed by atoms with Gasteiger partial charge in [-0.15, -0.1) is 0 Å². The van der Waals surface area contributed by atoms with Crippen LogP contribution in [0.3, 0.4) is 0 Å². The minimum absolute atomic E-state index is 0.194. The second-order valence-corrected chi connectivity index (χ2v) is 10.7. The number of hydrogen-bond acceptors (Lipinski definition) is 4. The maximum atomic E-state index is 12.0. The van der Waals surface area contributed by atoms with Crippen LogP contribution in [-0.2, 0) is 28.9 Å². The van der Waals surface area contributed by atoms with Crippen LogP contribution in [0.2, 0.25) is 0 Å². The van der Waals surface area contributed by atoms with Gasteiger partial charge in [0.2, 0.25) is 0 Å². The molecule has 2 aliphatic heterocycles. The molecule has 188 valence electrons. The topological polar surface area (TPSA) is 81.1 Å². The highest BCUT2D eigenvalue weighted by atomic mass is 16.4. The molecule has 0 amide bonds. The number of likely N-dealkylation sites (tertiary alicyclic amines) is 2. The van der Waals surface area contributed by atoms with Crippen LogP contribution in [0.25, 0.3) is 0 Å². The Morgan fingerprint density at radius 2 is 1.17 bits per heavy atom. The third-order valence-electron chi connectivity index (χ3n) is 7.93. The van der Waals surface area contributed by atoms with E-state index >= 15 is 0 Å². The summed E-state index contributed by atoms with van der Waals surface area (Å²) in [4.78, 5) is 28.4. The summed E-state index contributed by atoms with van der Waals surface area (Å²) in [5.41, 5.74) is 4.44. The third-order valence-corrected chi connectivity index (χ3v) is 7.93. The molecule has 35 heavy (non-hydrogen) atoms. The molecular formula is C29H38N2O4. The molecule has 4 atom stereocenters. The van der Waals surface area contributed by atoms with E-state index in [0.717, 1.165) is 67.7 Å². The minimum atomic E-state index is -0.704. The summed E-state index contributed by atoms with van der Waals surface area (Å²) in [6, 6.07) is 16.5. The fraction of sp³-hybridized carbons (Fsp3) is 0.517. The Morgan fingerprint density at radius 3 is 1.51 bits per heavy atom. The highest BCUT2D eigenvalue weighted by Gasteiger charge is 2.33. The normalized spacial score (nSPS) is 22.8. The number of nitrogens with zero attached hydrogens (tertiary/aromatic N) is 2. The van der Waals surface area contributed by atoms with Crippen LogP contribution < -0.4 is 0 Å². The van der Waals surface area contributed by atoms with Crippen LogP contribution in [0, 0.1) is 23.7 Å². The van der Waals surface area contributed by atoms with Gasteiger partial charge in [0.25, 0.3) is 0 Å². The largest absolute Gasteiger partial charge is 0.481 e.